The van der Waals surface area contributed by atoms with E-state index in [2.05, 4.69) is 42.2 Å². The maximum absolute atomic E-state index is 13.3. The zero-order valence-corrected chi connectivity index (χ0v) is 13.9. The normalized spacial score (nSPS) is 13.9. The summed E-state index contributed by atoms with van der Waals surface area (Å²) < 4.78 is 13.3. The van der Waals surface area contributed by atoms with Gasteiger partial charge in [0.05, 0.1) is 5.71 Å². The van der Waals surface area contributed by atoms with Crippen LogP contribution in [0.2, 0.25) is 0 Å². The van der Waals surface area contributed by atoms with Crippen molar-refractivity contribution in [3.05, 3.63) is 82.7 Å². The first-order chi connectivity index (χ1) is 12.2. The van der Waals surface area contributed by atoms with Crippen molar-refractivity contribution in [3.63, 3.8) is 0 Å². The lowest BCUT2D eigenvalue weighted by Crippen LogP contribution is -2.15. The quantitative estimate of drug-likeness (QED) is 0.500. The standard InChI is InChI=1S/C22H17FN2/c1-13-16-10-11-24-22(14-6-8-15(23)9-7-14)18(16)12-19-17-4-2-3-5-20(17)25-21(13)19/h2-9,12,25H,10-11H2,1H3. The van der Waals surface area contributed by atoms with E-state index in [0.717, 1.165) is 29.8 Å². The van der Waals surface area contributed by atoms with E-state index >= 15 is 0 Å². The highest BCUT2D eigenvalue weighted by molar-refractivity contribution is 6.18. The van der Waals surface area contributed by atoms with Gasteiger partial charge in [-0.3, -0.25) is 4.99 Å². The number of para-hydroxylation sites is 1. The molecule has 0 unspecified atom stereocenters. The number of hydrogen-bond acceptors (Lipinski definition) is 1. The highest BCUT2D eigenvalue weighted by Crippen LogP contribution is 2.34. The van der Waals surface area contributed by atoms with E-state index in [-0.39, 0.29) is 5.82 Å². The number of rotatable bonds is 1. The Kier molecular flexibility index (Phi) is 3.04. The van der Waals surface area contributed by atoms with Gasteiger partial charge in [-0.15, -0.1) is 0 Å². The predicted octanol–water partition coefficient (Wildman–Crippen LogP) is 5.16. The van der Waals surface area contributed by atoms with Crippen molar-refractivity contribution in [3.8, 4) is 0 Å². The van der Waals surface area contributed by atoms with Crippen molar-refractivity contribution >= 4 is 27.5 Å². The summed E-state index contributed by atoms with van der Waals surface area (Å²) in [6, 6.07) is 17.3. The summed E-state index contributed by atoms with van der Waals surface area (Å²) in [5, 5.41) is 2.45. The van der Waals surface area contributed by atoms with Gasteiger partial charge in [0.15, 0.2) is 0 Å². The van der Waals surface area contributed by atoms with E-state index in [4.69, 9.17) is 4.99 Å². The van der Waals surface area contributed by atoms with Gasteiger partial charge in [-0.25, -0.2) is 4.39 Å². The summed E-state index contributed by atoms with van der Waals surface area (Å²) in [7, 11) is 0. The van der Waals surface area contributed by atoms with Crippen LogP contribution in [-0.4, -0.2) is 17.2 Å². The Balaban J connectivity index is 1.81. The maximum Gasteiger partial charge on any atom is 0.123 e. The van der Waals surface area contributed by atoms with Crippen molar-refractivity contribution < 1.29 is 4.39 Å². The topological polar surface area (TPSA) is 28.1 Å². The second-order valence-electron chi connectivity index (χ2n) is 6.61. The number of aryl methyl sites for hydroxylation is 1. The molecule has 0 saturated heterocycles. The predicted molar refractivity (Wildman–Crippen MR) is 101 cm³/mol. The lowest BCUT2D eigenvalue weighted by molar-refractivity contribution is 0.628. The monoisotopic (exact) mass is 328 g/mol. The minimum Gasteiger partial charge on any atom is -0.354 e. The summed E-state index contributed by atoms with van der Waals surface area (Å²) >= 11 is 0. The van der Waals surface area contributed by atoms with E-state index in [1.807, 2.05) is 12.1 Å². The summed E-state index contributed by atoms with van der Waals surface area (Å²) in [6.07, 6.45) is 0.942. The van der Waals surface area contributed by atoms with E-state index < -0.39 is 0 Å². The average molecular weight is 328 g/mol. The molecule has 122 valence electrons. The summed E-state index contributed by atoms with van der Waals surface area (Å²) in [6.45, 7) is 2.95. The Labute approximate surface area is 145 Å². The third kappa shape index (κ3) is 2.12. The highest BCUT2D eigenvalue weighted by Gasteiger charge is 2.21. The van der Waals surface area contributed by atoms with Gasteiger partial charge in [0.1, 0.15) is 5.82 Å². The van der Waals surface area contributed by atoms with Gasteiger partial charge in [0.2, 0.25) is 0 Å². The largest absolute Gasteiger partial charge is 0.354 e. The van der Waals surface area contributed by atoms with Crippen LogP contribution in [0.3, 0.4) is 0 Å². The SMILES string of the molecule is Cc1c2c(cc3c1[nH]c1ccccc13)C(c1ccc(F)cc1)=NCC2. The minimum atomic E-state index is -0.219. The van der Waals surface area contributed by atoms with Gasteiger partial charge < -0.3 is 4.98 Å². The number of hydrogen-bond donors (Lipinski definition) is 1. The molecule has 2 heterocycles. The summed E-state index contributed by atoms with van der Waals surface area (Å²) in [5.74, 6) is -0.219. The van der Waals surface area contributed by atoms with Gasteiger partial charge in [-0.1, -0.05) is 18.2 Å². The van der Waals surface area contributed by atoms with Gasteiger partial charge in [0.25, 0.3) is 0 Å². The van der Waals surface area contributed by atoms with Crippen LogP contribution in [0.1, 0.15) is 22.3 Å². The van der Waals surface area contributed by atoms with Crippen molar-refractivity contribution in [2.45, 2.75) is 13.3 Å². The van der Waals surface area contributed by atoms with E-state index in [0.29, 0.717) is 0 Å². The number of benzene rings is 3. The van der Waals surface area contributed by atoms with Crippen molar-refractivity contribution in [2.24, 2.45) is 4.99 Å². The van der Waals surface area contributed by atoms with Crippen LogP contribution in [-0.2, 0) is 6.42 Å². The Bertz CT molecular complexity index is 1150. The van der Waals surface area contributed by atoms with Gasteiger partial charge >= 0.3 is 0 Å². The molecule has 5 rings (SSSR count). The molecule has 0 amide bonds. The molecule has 1 N–H and O–H groups in total. The first-order valence-corrected chi connectivity index (χ1v) is 8.56. The molecule has 1 aliphatic rings. The number of halogens is 1. The smallest absolute Gasteiger partial charge is 0.123 e. The molecule has 3 heteroatoms. The average Bonchev–Trinajstić information content (AvgIpc) is 3.02. The fourth-order valence-electron chi connectivity index (χ4n) is 3.95. The lowest BCUT2D eigenvalue weighted by Gasteiger charge is -2.20. The van der Waals surface area contributed by atoms with Gasteiger partial charge in [-0.05, 0) is 60.9 Å². The highest BCUT2D eigenvalue weighted by atomic mass is 19.1. The summed E-state index contributed by atoms with van der Waals surface area (Å²) in [4.78, 5) is 8.34. The van der Waals surface area contributed by atoms with Crippen molar-refractivity contribution in [1.29, 1.82) is 0 Å². The molecular formula is C22H17FN2. The van der Waals surface area contributed by atoms with Crippen LogP contribution in [0.15, 0.2) is 59.6 Å². The number of aromatic nitrogens is 1. The molecule has 4 aromatic rings. The van der Waals surface area contributed by atoms with Crippen LogP contribution in [0.5, 0.6) is 0 Å². The molecule has 0 radical (unpaired) electrons. The Morgan fingerprint density at radius 1 is 1.00 bits per heavy atom. The van der Waals surface area contributed by atoms with Gasteiger partial charge in [-0.2, -0.15) is 0 Å². The van der Waals surface area contributed by atoms with E-state index in [9.17, 15) is 4.39 Å². The third-order valence-corrected chi connectivity index (χ3v) is 5.19. The molecule has 0 saturated carbocycles. The summed E-state index contributed by atoms with van der Waals surface area (Å²) in [5.41, 5.74) is 8.11. The van der Waals surface area contributed by atoms with Crippen molar-refractivity contribution in [1.82, 2.24) is 4.98 Å². The molecule has 3 aromatic carbocycles. The van der Waals surface area contributed by atoms with Crippen LogP contribution in [0.25, 0.3) is 21.8 Å². The third-order valence-electron chi connectivity index (χ3n) is 5.19. The van der Waals surface area contributed by atoms with Crippen molar-refractivity contribution in [2.75, 3.05) is 6.54 Å². The first-order valence-electron chi connectivity index (χ1n) is 8.56. The fraction of sp³-hybridized carbons (Fsp3) is 0.136. The number of H-pyrrole nitrogens is 1. The zero-order valence-electron chi connectivity index (χ0n) is 13.9. The maximum atomic E-state index is 13.3. The number of nitrogens with one attached hydrogen (secondary N) is 1. The van der Waals surface area contributed by atoms with Gasteiger partial charge in [0, 0.05) is 39.5 Å². The molecule has 1 aromatic heterocycles. The molecular weight excluding hydrogens is 311 g/mol. The van der Waals surface area contributed by atoms with E-state index in [1.165, 1.54) is 45.1 Å². The molecule has 2 nitrogen and oxygen atoms in total. The lowest BCUT2D eigenvalue weighted by atomic mass is 9.88. The number of fused-ring (bicyclic) bond motifs is 4. The molecule has 0 fully saturated rings. The number of aromatic amines is 1. The molecule has 25 heavy (non-hydrogen) atoms. The Morgan fingerprint density at radius 3 is 2.64 bits per heavy atom. The molecule has 0 bridgehead atoms. The molecule has 0 aliphatic carbocycles. The second kappa shape index (κ2) is 5.28. The van der Waals surface area contributed by atoms with Crippen LogP contribution in [0, 0.1) is 12.7 Å². The Hall–Kier alpha value is -2.94. The first kappa shape index (κ1) is 14.4. The van der Waals surface area contributed by atoms with E-state index in [1.54, 1.807) is 0 Å². The van der Waals surface area contributed by atoms with Crippen LogP contribution < -0.4 is 0 Å². The molecule has 1 aliphatic heterocycles. The fourth-order valence-corrected chi connectivity index (χ4v) is 3.95. The van der Waals surface area contributed by atoms with Crippen LogP contribution >= 0.6 is 0 Å². The zero-order chi connectivity index (χ0) is 17.0. The number of aliphatic imine (C=N–C) groups is 1. The van der Waals surface area contributed by atoms with Crippen LogP contribution in [0.4, 0.5) is 4.39 Å². The molecule has 0 spiro atoms. The number of nitrogens with zero attached hydrogens (tertiary/aromatic N) is 1. The second-order valence-corrected chi connectivity index (χ2v) is 6.61. The minimum absolute atomic E-state index is 0.219. The molecule has 0 atom stereocenters. The Morgan fingerprint density at radius 2 is 1.80 bits per heavy atom.